The highest BCUT2D eigenvalue weighted by Crippen LogP contribution is 2.38. The molecule has 0 aliphatic carbocycles. The van der Waals surface area contributed by atoms with Crippen LogP contribution in [0.15, 0.2) is 156 Å². The van der Waals surface area contributed by atoms with Crippen LogP contribution < -0.4 is 18.9 Å². The molecule has 2 aliphatic rings. The minimum atomic E-state index is -0.318. The van der Waals surface area contributed by atoms with E-state index in [1.807, 2.05) is 60.7 Å². The molecule has 0 aromatic heterocycles. The first-order chi connectivity index (χ1) is 28.0. The van der Waals surface area contributed by atoms with E-state index in [0.29, 0.717) is 31.1 Å². The molecule has 8 nitrogen and oxygen atoms in total. The standard InChI is InChI=1S/C49H46N2O6/c1-52-40-19-7-15-36(27-40)34-13-5-11-32(23-34)25-44-48(38-17-9-21-42(29-38)54-3)56-46(50-44)31-47-51-45(49(57-47)39-18-10-22-43(30-39)55-4)26-33-12-6-14-35(24-33)37-16-8-20-41(28-37)53-2/h5-24,27-30,44-45,48-49H,25-26,31H2,1-4H3/t44-,45-,48?,49?/m1/s1. The fourth-order valence-corrected chi connectivity index (χ4v) is 7.69. The molecule has 0 amide bonds. The van der Waals surface area contributed by atoms with Crippen molar-refractivity contribution in [2.24, 2.45) is 9.98 Å². The van der Waals surface area contributed by atoms with Gasteiger partial charge in [-0.25, -0.2) is 9.98 Å². The van der Waals surface area contributed by atoms with Crippen LogP contribution in [0.2, 0.25) is 0 Å². The van der Waals surface area contributed by atoms with Crippen molar-refractivity contribution in [3.63, 3.8) is 0 Å². The van der Waals surface area contributed by atoms with E-state index in [9.17, 15) is 0 Å². The molecule has 4 atom stereocenters. The van der Waals surface area contributed by atoms with Crippen LogP contribution in [0.5, 0.6) is 23.0 Å². The van der Waals surface area contributed by atoms with Gasteiger partial charge in [0.15, 0.2) is 11.8 Å². The zero-order chi connectivity index (χ0) is 39.1. The van der Waals surface area contributed by atoms with Gasteiger partial charge in [-0.1, -0.05) is 97.1 Å². The first kappa shape index (κ1) is 37.4. The van der Waals surface area contributed by atoms with E-state index in [0.717, 1.165) is 67.5 Å². The molecule has 8 heteroatoms. The molecule has 6 aromatic rings. The number of hydrogen-bond acceptors (Lipinski definition) is 8. The summed E-state index contributed by atoms with van der Waals surface area (Å²) in [7, 11) is 6.73. The molecule has 288 valence electrons. The zero-order valence-corrected chi connectivity index (χ0v) is 32.6. The van der Waals surface area contributed by atoms with Crippen LogP contribution in [-0.2, 0) is 22.3 Å². The molecule has 2 heterocycles. The summed E-state index contributed by atoms with van der Waals surface area (Å²) in [6, 6.07) is 49.1. The lowest BCUT2D eigenvalue weighted by molar-refractivity contribution is 0.181. The average Bonchev–Trinajstić information content (AvgIpc) is 3.86. The Morgan fingerprint density at radius 3 is 1.18 bits per heavy atom. The van der Waals surface area contributed by atoms with Crippen molar-refractivity contribution in [1.29, 1.82) is 0 Å². The molecule has 0 fully saturated rings. The highest BCUT2D eigenvalue weighted by atomic mass is 16.5. The number of methoxy groups -OCH3 is 4. The molecule has 0 radical (unpaired) electrons. The van der Waals surface area contributed by atoms with E-state index in [1.54, 1.807) is 28.4 Å². The summed E-state index contributed by atoms with van der Waals surface area (Å²) in [5.74, 6) is 4.38. The van der Waals surface area contributed by atoms with Crippen LogP contribution in [0.1, 0.15) is 40.9 Å². The second-order valence-electron chi connectivity index (χ2n) is 14.3. The molecule has 2 unspecified atom stereocenters. The third-order valence-electron chi connectivity index (χ3n) is 10.5. The first-order valence-corrected chi connectivity index (χ1v) is 19.2. The van der Waals surface area contributed by atoms with Gasteiger partial charge in [-0.3, -0.25) is 0 Å². The van der Waals surface area contributed by atoms with Crippen LogP contribution in [0.3, 0.4) is 0 Å². The maximum atomic E-state index is 6.74. The van der Waals surface area contributed by atoms with Gasteiger partial charge in [-0.2, -0.15) is 0 Å². The Bertz CT molecular complexity index is 2240. The molecule has 57 heavy (non-hydrogen) atoms. The predicted molar refractivity (Wildman–Crippen MR) is 225 cm³/mol. The summed E-state index contributed by atoms with van der Waals surface area (Å²) >= 11 is 0. The Labute approximate surface area is 334 Å². The van der Waals surface area contributed by atoms with E-state index < -0.39 is 0 Å². The normalized spacial score (nSPS) is 18.5. The van der Waals surface area contributed by atoms with Crippen LogP contribution in [0, 0.1) is 0 Å². The third-order valence-corrected chi connectivity index (χ3v) is 10.5. The van der Waals surface area contributed by atoms with E-state index >= 15 is 0 Å². The highest BCUT2D eigenvalue weighted by molar-refractivity contribution is 5.98. The van der Waals surface area contributed by atoms with E-state index in [1.165, 1.54) is 0 Å². The maximum Gasteiger partial charge on any atom is 0.193 e. The zero-order valence-electron chi connectivity index (χ0n) is 32.6. The number of nitrogens with zero attached hydrogens (tertiary/aromatic N) is 2. The van der Waals surface area contributed by atoms with Gasteiger partial charge in [0.25, 0.3) is 0 Å². The van der Waals surface area contributed by atoms with Crippen molar-refractivity contribution in [2.75, 3.05) is 28.4 Å². The Morgan fingerprint density at radius 1 is 0.421 bits per heavy atom. The molecule has 0 saturated heterocycles. The summed E-state index contributed by atoms with van der Waals surface area (Å²) in [5.41, 5.74) is 8.73. The van der Waals surface area contributed by atoms with Gasteiger partial charge < -0.3 is 28.4 Å². The topological polar surface area (TPSA) is 80.1 Å². The van der Waals surface area contributed by atoms with Gasteiger partial charge in [-0.05, 0) is 106 Å². The van der Waals surface area contributed by atoms with Crippen LogP contribution >= 0.6 is 0 Å². The summed E-state index contributed by atoms with van der Waals surface area (Å²) in [5, 5.41) is 0. The number of hydrogen-bond donors (Lipinski definition) is 0. The lowest BCUT2D eigenvalue weighted by Gasteiger charge is -2.20. The maximum absolute atomic E-state index is 6.74. The predicted octanol–water partition coefficient (Wildman–Crippen LogP) is 10.3. The number of aliphatic imine (C=N–C) groups is 2. The van der Waals surface area contributed by atoms with E-state index in [2.05, 4.69) is 84.9 Å². The monoisotopic (exact) mass is 758 g/mol. The molecule has 0 N–H and O–H groups in total. The lowest BCUT2D eigenvalue weighted by atomic mass is 9.94. The highest BCUT2D eigenvalue weighted by Gasteiger charge is 2.37. The van der Waals surface area contributed by atoms with E-state index in [4.69, 9.17) is 38.4 Å². The summed E-state index contributed by atoms with van der Waals surface area (Å²) in [6.45, 7) is 0. The smallest absolute Gasteiger partial charge is 0.193 e. The van der Waals surface area contributed by atoms with Gasteiger partial charge in [0.05, 0.1) is 46.9 Å². The number of rotatable bonds is 14. The average molecular weight is 759 g/mol. The van der Waals surface area contributed by atoms with Gasteiger partial charge in [-0.15, -0.1) is 0 Å². The first-order valence-electron chi connectivity index (χ1n) is 19.2. The minimum absolute atomic E-state index is 0.181. The Morgan fingerprint density at radius 2 is 0.772 bits per heavy atom. The van der Waals surface area contributed by atoms with Crippen LogP contribution in [0.25, 0.3) is 22.3 Å². The molecule has 6 aromatic carbocycles. The summed E-state index contributed by atoms with van der Waals surface area (Å²) in [6.07, 6.45) is 1.05. The van der Waals surface area contributed by atoms with Crippen LogP contribution in [-0.4, -0.2) is 52.3 Å². The Hall–Kier alpha value is -6.54. The van der Waals surface area contributed by atoms with Gasteiger partial charge in [0, 0.05) is 0 Å². The molecule has 0 bridgehead atoms. The van der Waals surface area contributed by atoms with Crippen molar-refractivity contribution in [1.82, 2.24) is 0 Å². The van der Waals surface area contributed by atoms with Crippen molar-refractivity contribution in [3.8, 4) is 45.3 Å². The van der Waals surface area contributed by atoms with Crippen molar-refractivity contribution >= 4 is 11.8 Å². The van der Waals surface area contributed by atoms with Gasteiger partial charge in [0.2, 0.25) is 0 Å². The molecular weight excluding hydrogens is 713 g/mol. The second-order valence-corrected chi connectivity index (χ2v) is 14.3. The molecule has 2 aliphatic heterocycles. The third kappa shape index (κ3) is 8.65. The summed E-state index contributed by atoms with van der Waals surface area (Å²) in [4.78, 5) is 10.5. The molecule has 0 spiro atoms. The van der Waals surface area contributed by atoms with Crippen molar-refractivity contribution < 1.29 is 28.4 Å². The SMILES string of the molecule is COc1cccc(-c2cccc(C[C@H]3N=C(CC4=N[C@H](Cc5cccc(-c6cccc(OC)c6)c5)C(c5cccc(OC)c5)O4)OC3c3cccc(OC)c3)c2)c1. The Balaban J connectivity index is 1.08. The largest absolute Gasteiger partial charge is 0.497 e. The number of ether oxygens (including phenoxy) is 6. The van der Waals surface area contributed by atoms with Crippen molar-refractivity contribution in [2.45, 2.75) is 43.6 Å². The van der Waals surface area contributed by atoms with Crippen molar-refractivity contribution in [3.05, 3.63) is 168 Å². The molecule has 8 rings (SSSR count). The minimum Gasteiger partial charge on any atom is -0.497 e. The van der Waals surface area contributed by atoms with Crippen LogP contribution in [0.4, 0.5) is 0 Å². The van der Waals surface area contributed by atoms with Gasteiger partial charge >= 0.3 is 0 Å². The lowest BCUT2D eigenvalue weighted by Crippen LogP contribution is -2.18. The van der Waals surface area contributed by atoms with Gasteiger partial charge in [0.1, 0.15) is 35.2 Å². The quantitative estimate of drug-likeness (QED) is 0.110. The summed E-state index contributed by atoms with van der Waals surface area (Å²) < 4.78 is 35.7. The Kier molecular flexibility index (Phi) is 11.2. The fourth-order valence-electron chi connectivity index (χ4n) is 7.69. The second kappa shape index (κ2) is 17.1. The number of benzene rings is 6. The van der Waals surface area contributed by atoms with E-state index in [-0.39, 0.29) is 24.3 Å². The fraction of sp³-hybridized carbons (Fsp3) is 0.224. The molecular formula is C49H46N2O6. The molecule has 0 saturated carbocycles.